The minimum absolute atomic E-state index is 0.524. The van der Waals surface area contributed by atoms with Gasteiger partial charge in [0.15, 0.2) is 0 Å². The van der Waals surface area contributed by atoms with E-state index in [1.54, 1.807) is 0 Å². The van der Waals surface area contributed by atoms with Crippen LogP contribution in [0.3, 0.4) is 0 Å². The molecule has 112 valence electrons. The molecule has 1 aromatic heterocycles. The molecule has 1 aromatic carbocycles. The summed E-state index contributed by atoms with van der Waals surface area (Å²) in [7, 11) is 0. The Morgan fingerprint density at radius 1 is 1.19 bits per heavy atom. The van der Waals surface area contributed by atoms with E-state index in [0.717, 1.165) is 42.8 Å². The van der Waals surface area contributed by atoms with Gasteiger partial charge in [-0.1, -0.05) is 31.2 Å². The van der Waals surface area contributed by atoms with E-state index in [9.17, 15) is 5.11 Å². The summed E-state index contributed by atoms with van der Waals surface area (Å²) in [5.41, 5.74) is 1.53. The molecule has 0 radical (unpaired) electrons. The summed E-state index contributed by atoms with van der Waals surface area (Å²) in [5.74, 6) is 0.757. The molecule has 3 heteroatoms. The third-order valence-corrected chi connectivity index (χ3v) is 4.62. The summed E-state index contributed by atoms with van der Waals surface area (Å²) in [6.07, 6.45) is 4.08. The standard InChI is InChI=1S/C18H24N2O/c1-14-8-10-18(21,11-9-14)13-19-12-16-7-6-15-4-2-3-5-17(15)20-16/h2-7,14,19,21H,8-13H2,1H3. The molecular weight excluding hydrogens is 260 g/mol. The number of para-hydroxylation sites is 1. The highest BCUT2D eigenvalue weighted by Gasteiger charge is 2.31. The lowest BCUT2D eigenvalue weighted by Crippen LogP contribution is -2.43. The van der Waals surface area contributed by atoms with Gasteiger partial charge in [0.25, 0.3) is 0 Å². The summed E-state index contributed by atoms with van der Waals surface area (Å²) in [5, 5.41) is 15.1. The number of nitrogens with zero attached hydrogens (tertiary/aromatic N) is 1. The third kappa shape index (κ3) is 3.60. The Kier molecular flexibility index (Phi) is 4.22. The number of hydrogen-bond donors (Lipinski definition) is 2. The highest BCUT2D eigenvalue weighted by Crippen LogP contribution is 2.31. The number of rotatable bonds is 4. The van der Waals surface area contributed by atoms with Crippen molar-refractivity contribution in [3.63, 3.8) is 0 Å². The van der Waals surface area contributed by atoms with Gasteiger partial charge in [0.1, 0.15) is 0 Å². The molecule has 3 nitrogen and oxygen atoms in total. The van der Waals surface area contributed by atoms with Crippen molar-refractivity contribution in [2.75, 3.05) is 6.54 Å². The summed E-state index contributed by atoms with van der Waals surface area (Å²) in [6.45, 7) is 3.64. The Bertz CT molecular complexity index is 603. The lowest BCUT2D eigenvalue weighted by Gasteiger charge is -2.35. The molecular formula is C18H24N2O. The van der Waals surface area contributed by atoms with E-state index in [0.29, 0.717) is 13.1 Å². The fourth-order valence-corrected chi connectivity index (χ4v) is 3.11. The Morgan fingerprint density at radius 2 is 1.95 bits per heavy atom. The average molecular weight is 284 g/mol. The van der Waals surface area contributed by atoms with Crippen LogP contribution in [0, 0.1) is 5.92 Å². The van der Waals surface area contributed by atoms with Crippen LogP contribution < -0.4 is 5.32 Å². The first-order valence-corrected chi connectivity index (χ1v) is 7.92. The topological polar surface area (TPSA) is 45.1 Å². The van der Waals surface area contributed by atoms with Crippen LogP contribution in [-0.4, -0.2) is 22.2 Å². The molecule has 0 saturated heterocycles. The van der Waals surface area contributed by atoms with Crippen molar-refractivity contribution in [2.45, 2.75) is 44.8 Å². The molecule has 0 bridgehead atoms. The molecule has 1 saturated carbocycles. The van der Waals surface area contributed by atoms with Crippen LogP contribution in [0.5, 0.6) is 0 Å². The number of aromatic nitrogens is 1. The number of nitrogens with one attached hydrogen (secondary N) is 1. The molecule has 1 heterocycles. The second kappa shape index (κ2) is 6.12. The van der Waals surface area contributed by atoms with Gasteiger partial charge >= 0.3 is 0 Å². The molecule has 0 aliphatic heterocycles. The van der Waals surface area contributed by atoms with Gasteiger partial charge in [-0.15, -0.1) is 0 Å². The van der Waals surface area contributed by atoms with E-state index in [4.69, 9.17) is 0 Å². The quantitative estimate of drug-likeness (QED) is 0.905. The summed E-state index contributed by atoms with van der Waals surface area (Å²) >= 11 is 0. The first-order chi connectivity index (χ1) is 10.1. The molecule has 0 spiro atoms. The molecule has 1 fully saturated rings. The normalized spacial score (nSPS) is 26.1. The number of pyridine rings is 1. The minimum Gasteiger partial charge on any atom is -0.389 e. The van der Waals surface area contributed by atoms with Crippen molar-refractivity contribution in [3.8, 4) is 0 Å². The Morgan fingerprint density at radius 3 is 2.76 bits per heavy atom. The average Bonchev–Trinajstić information content (AvgIpc) is 2.50. The smallest absolute Gasteiger partial charge is 0.0771 e. The van der Waals surface area contributed by atoms with Gasteiger partial charge in [0.2, 0.25) is 0 Å². The highest BCUT2D eigenvalue weighted by molar-refractivity contribution is 5.78. The molecule has 1 aliphatic carbocycles. The summed E-state index contributed by atoms with van der Waals surface area (Å²) in [4.78, 5) is 4.65. The Hall–Kier alpha value is -1.45. The van der Waals surface area contributed by atoms with E-state index >= 15 is 0 Å². The van der Waals surface area contributed by atoms with Gasteiger partial charge < -0.3 is 10.4 Å². The largest absolute Gasteiger partial charge is 0.389 e. The Balaban J connectivity index is 1.56. The van der Waals surface area contributed by atoms with Crippen LogP contribution in [0.25, 0.3) is 10.9 Å². The Labute approximate surface area is 126 Å². The maximum absolute atomic E-state index is 10.6. The van der Waals surface area contributed by atoms with E-state index in [1.165, 1.54) is 5.39 Å². The molecule has 3 rings (SSSR count). The van der Waals surface area contributed by atoms with Gasteiger partial charge in [0, 0.05) is 18.5 Å². The van der Waals surface area contributed by atoms with Crippen LogP contribution in [0.2, 0.25) is 0 Å². The monoisotopic (exact) mass is 284 g/mol. The molecule has 21 heavy (non-hydrogen) atoms. The molecule has 1 aliphatic rings. The van der Waals surface area contributed by atoms with E-state index in [-0.39, 0.29) is 0 Å². The lowest BCUT2D eigenvalue weighted by atomic mass is 9.79. The van der Waals surface area contributed by atoms with Crippen molar-refractivity contribution in [1.82, 2.24) is 10.3 Å². The van der Waals surface area contributed by atoms with Gasteiger partial charge in [-0.3, -0.25) is 4.98 Å². The van der Waals surface area contributed by atoms with Crippen molar-refractivity contribution in [2.24, 2.45) is 5.92 Å². The number of fused-ring (bicyclic) bond motifs is 1. The van der Waals surface area contributed by atoms with Crippen LogP contribution in [0.4, 0.5) is 0 Å². The zero-order valence-electron chi connectivity index (χ0n) is 12.7. The number of aliphatic hydroxyl groups is 1. The zero-order valence-corrected chi connectivity index (χ0v) is 12.7. The third-order valence-electron chi connectivity index (χ3n) is 4.62. The molecule has 0 amide bonds. The summed E-state index contributed by atoms with van der Waals surface area (Å²) < 4.78 is 0. The van der Waals surface area contributed by atoms with Crippen LogP contribution in [0.15, 0.2) is 36.4 Å². The van der Waals surface area contributed by atoms with E-state index in [1.807, 2.05) is 18.2 Å². The molecule has 2 aromatic rings. The van der Waals surface area contributed by atoms with Crippen molar-refractivity contribution in [3.05, 3.63) is 42.1 Å². The number of hydrogen-bond acceptors (Lipinski definition) is 3. The van der Waals surface area contributed by atoms with Gasteiger partial charge in [-0.25, -0.2) is 0 Å². The minimum atomic E-state index is -0.524. The summed E-state index contributed by atoms with van der Waals surface area (Å²) in [6, 6.07) is 12.3. The van der Waals surface area contributed by atoms with Crippen molar-refractivity contribution >= 4 is 10.9 Å². The van der Waals surface area contributed by atoms with Crippen molar-refractivity contribution < 1.29 is 5.11 Å². The van der Waals surface area contributed by atoms with Crippen LogP contribution in [0.1, 0.15) is 38.3 Å². The second-order valence-electron chi connectivity index (χ2n) is 6.51. The maximum Gasteiger partial charge on any atom is 0.0771 e. The molecule has 2 N–H and O–H groups in total. The SMILES string of the molecule is CC1CCC(O)(CNCc2ccc3ccccc3n2)CC1. The maximum atomic E-state index is 10.6. The van der Waals surface area contributed by atoms with Gasteiger partial charge in [-0.2, -0.15) is 0 Å². The predicted molar refractivity (Wildman–Crippen MR) is 86.0 cm³/mol. The van der Waals surface area contributed by atoms with Crippen LogP contribution in [-0.2, 0) is 6.54 Å². The van der Waals surface area contributed by atoms with Gasteiger partial charge in [-0.05, 0) is 43.7 Å². The first kappa shape index (κ1) is 14.5. The lowest BCUT2D eigenvalue weighted by molar-refractivity contribution is -0.00634. The fraction of sp³-hybridized carbons (Fsp3) is 0.500. The van der Waals surface area contributed by atoms with Gasteiger partial charge in [0.05, 0.1) is 16.8 Å². The number of benzene rings is 1. The van der Waals surface area contributed by atoms with Crippen LogP contribution >= 0.6 is 0 Å². The highest BCUT2D eigenvalue weighted by atomic mass is 16.3. The van der Waals surface area contributed by atoms with Crippen molar-refractivity contribution in [1.29, 1.82) is 0 Å². The first-order valence-electron chi connectivity index (χ1n) is 7.92. The zero-order chi connectivity index (χ0) is 14.7. The molecule has 0 unspecified atom stereocenters. The second-order valence-corrected chi connectivity index (χ2v) is 6.51. The predicted octanol–water partition coefficient (Wildman–Crippen LogP) is 3.27. The molecule has 0 atom stereocenters. The van der Waals surface area contributed by atoms with E-state index in [2.05, 4.69) is 35.4 Å². The fourth-order valence-electron chi connectivity index (χ4n) is 3.11. The van der Waals surface area contributed by atoms with E-state index < -0.39 is 5.60 Å².